The van der Waals surface area contributed by atoms with Gasteiger partial charge in [-0.1, -0.05) is 0 Å². The average molecular weight is 305 g/mol. The summed E-state index contributed by atoms with van der Waals surface area (Å²) in [6.45, 7) is 3.00. The summed E-state index contributed by atoms with van der Waals surface area (Å²) in [6, 6.07) is 1.90. The Bertz CT molecular complexity index is 571. The van der Waals surface area contributed by atoms with Gasteiger partial charge in [-0.25, -0.2) is 0 Å². The summed E-state index contributed by atoms with van der Waals surface area (Å²) in [5.41, 5.74) is 2.10. The van der Waals surface area contributed by atoms with Gasteiger partial charge < -0.3 is 11.1 Å². The lowest BCUT2D eigenvalue weighted by molar-refractivity contribution is -0.384. The average Bonchev–Trinajstić information content (AvgIpc) is 2.37. The van der Waals surface area contributed by atoms with Gasteiger partial charge >= 0.3 is 6.18 Å². The van der Waals surface area contributed by atoms with Gasteiger partial charge in [-0.15, -0.1) is 0 Å². The van der Waals surface area contributed by atoms with Crippen LogP contribution in [0.2, 0.25) is 0 Å². The molecule has 6 nitrogen and oxygen atoms in total. The SMILES string of the molecule is CC(C)(CN)C(=O)Nc1ccc(C(F)(F)F)cc1[N+](=O)[O-]. The largest absolute Gasteiger partial charge is 0.416 e. The summed E-state index contributed by atoms with van der Waals surface area (Å²) in [6.07, 6.45) is -4.70. The zero-order chi connectivity index (χ0) is 16.4. The van der Waals surface area contributed by atoms with Crippen molar-refractivity contribution in [2.75, 3.05) is 11.9 Å². The van der Waals surface area contributed by atoms with Crippen LogP contribution in [-0.2, 0) is 11.0 Å². The standard InChI is InChI=1S/C12H14F3N3O3/c1-11(2,6-16)10(19)17-8-4-3-7(12(13,14)15)5-9(8)18(20)21/h3-5H,6,16H2,1-2H3,(H,17,19). The van der Waals surface area contributed by atoms with Crippen molar-refractivity contribution in [1.82, 2.24) is 0 Å². The second kappa shape index (κ2) is 5.68. The molecule has 0 aliphatic carbocycles. The fourth-order valence-electron chi connectivity index (χ4n) is 1.35. The van der Waals surface area contributed by atoms with Gasteiger partial charge in [-0.2, -0.15) is 13.2 Å². The van der Waals surface area contributed by atoms with Crippen LogP contribution in [0.25, 0.3) is 0 Å². The molecule has 21 heavy (non-hydrogen) atoms. The van der Waals surface area contributed by atoms with E-state index < -0.39 is 33.7 Å². The van der Waals surface area contributed by atoms with Crippen molar-refractivity contribution < 1.29 is 22.9 Å². The summed E-state index contributed by atoms with van der Waals surface area (Å²) < 4.78 is 37.6. The number of hydrogen-bond acceptors (Lipinski definition) is 4. The van der Waals surface area contributed by atoms with E-state index in [0.29, 0.717) is 12.1 Å². The van der Waals surface area contributed by atoms with E-state index in [-0.39, 0.29) is 12.2 Å². The molecule has 1 amide bonds. The molecule has 0 heterocycles. The van der Waals surface area contributed by atoms with Crippen molar-refractivity contribution in [3.63, 3.8) is 0 Å². The number of nitro groups is 1. The van der Waals surface area contributed by atoms with Gasteiger partial charge in [0, 0.05) is 12.6 Å². The first kappa shape index (κ1) is 16.9. The molecular formula is C12H14F3N3O3. The maximum absolute atomic E-state index is 12.5. The van der Waals surface area contributed by atoms with Gasteiger partial charge in [0.1, 0.15) is 5.69 Å². The lowest BCUT2D eigenvalue weighted by atomic mass is 9.92. The van der Waals surface area contributed by atoms with Gasteiger partial charge in [-0.05, 0) is 26.0 Å². The van der Waals surface area contributed by atoms with E-state index in [2.05, 4.69) is 5.32 Å². The lowest BCUT2D eigenvalue weighted by Crippen LogP contribution is -2.37. The van der Waals surface area contributed by atoms with Gasteiger partial charge in [0.15, 0.2) is 0 Å². The predicted molar refractivity (Wildman–Crippen MR) is 69.6 cm³/mol. The molecule has 1 aromatic rings. The predicted octanol–water partition coefficient (Wildman–Crippen LogP) is 2.54. The number of halogens is 3. The number of hydrogen-bond donors (Lipinski definition) is 2. The Morgan fingerprint density at radius 2 is 1.95 bits per heavy atom. The zero-order valence-electron chi connectivity index (χ0n) is 11.3. The van der Waals surface area contributed by atoms with Crippen LogP contribution in [0.15, 0.2) is 18.2 Å². The molecule has 9 heteroatoms. The van der Waals surface area contributed by atoms with E-state index in [1.54, 1.807) is 0 Å². The van der Waals surface area contributed by atoms with Crippen LogP contribution in [0, 0.1) is 15.5 Å². The molecule has 0 bridgehead atoms. The minimum Gasteiger partial charge on any atom is -0.329 e. The number of nitrogens with two attached hydrogens (primary N) is 1. The quantitative estimate of drug-likeness (QED) is 0.659. The summed E-state index contributed by atoms with van der Waals surface area (Å²) in [4.78, 5) is 21.8. The maximum atomic E-state index is 12.5. The number of amides is 1. The Morgan fingerprint density at radius 3 is 2.38 bits per heavy atom. The van der Waals surface area contributed by atoms with Gasteiger partial charge in [0.25, 0.3) is 5.69 Å². The number of carbonyl (C=O) groups excluding carboxylic acids is 1. The van der Waals surface area contributed by atoms with E-state index in [4.69, 9.17) is 5.73 Å². The molecule has 1 aromatic carbocycles. The highest BCUT2D eigenvalue weighted by molar-refractivity contribution is 5.96. The van der Waals surface area contributed by atoms with Crippen LogP contribution in [0.4, 0.5) is 24.5 Å². The molecule has 1 rings (SSSR count). The number of carbonyl (C=O) groups is 1. The van der Waals surface area contributed by atoms with Crippen molar-refractivity contribution in [2.24, 2.45) is 11.1 Å². The number of nitro benzene ring substituents is 1. The summed E-state index contributed by atoms with van der Waals surface area (Å²) in [5, 5.41) is 13.1. The van der Waals surface area contributed by atoms with E-state index in [0.717, 1.165) is 6.07 Å². The Balaban J connectivity index is 3.20. The molecule has 3 N–H and O–H groups in total. The molecule has 0 radical (unpaired) electrons. The topological polar surface area (TPSA) is 98.3 Å². The fourth-order valence-corrected chi connectivity index (χ4v) is 1.35. The van der Waals surface area contributed by atoms with Gasteiger partial charge in [0.2, 0.25) is 5.91 Å². The molecule has 0 aliphatic rings. The molecule has 0 saturated carbocycles. The van der Waals surface area contributed by atoms with Crippen LogP contribution in [0.3, 0.4) is 0 Å². The third-order valence-corrected chi connectivity index (χ3v) is 2.89. The molecule has 0 aliphatic heterocycles. The Kier molecular flexibility index (Phi) is 4.57. The smallest absolute Gasteiger partial charge is 0.329 e. The van der Waals surface area contributed by atoms with Crippen molar-refractivity contribution >= 4 is 17.3 Å². The number of nitrogens with zero attached hydrogens (tertiary/aromatic N) is 1. The van der Waals surface area contributed by atoms with Crippen molar-refractivity contribution in [3.05, 3.63) is 33.9 Å². The molecule has 0 fully saturated rings. The highest BCUT2D eigenvalue weighted by Crippen LogP contribution is 2.35. The van der Waals surface area contributed by atoms with Gasteiger partial charge in [0.05, 0.1) is 15.9 Å². The molecule has 116 valence electrons. The summed E-state index contributed by atoms with van der Waals surface area (Å²) in [7, 11) is 0. The summed E-state index contributed by atoms with van der Waals surface area (Å²) >= 11 is 0. The lowest BCUT2D eigenvalue weighted by Gasteiger charge is -2.21. The first-order valence-electron chi connectivity index (χ1n) is 5.86. The van der Waals surface area contributed by atoms with Crippen LogP contribution >= 0.6 is 0 Å². The summed E-state index contributed by atoms with van der Waals surface area (Å²) in [5.74, 6) is -0.618. The Morgan fingerprint density at radius 1 is 1.38 bits per heavy atom. The number of anilines is 1. The normalized spacial score (nSPS) is 12.1. The molecule has 0 atom stereocenters. The first-order valence-corrected chi connectivity index (χ1v) is 5.86. The van der Waals surface area contributed by atoms with E-state index in [9.17, 15) is 28.1 Å². The van der Waals surface area contributed by atoms with E-state index in [1.165, 1.54) is 13.8 Å². The Labute approximate surface area is 118 Å². The van der Waals surface area contributed by atoms with Gasteiger partial charge in [-0.3, -0.25) is 14.9 Å². The fraction of sp³-hybridized carbons (Fsp3) is 0.417. The number of benzene rings is 1. The molecule has 0 aromatic heterocycles. The van der Waals surface area contributed by atoms with Crippen LogP contribution in [0.5, 0.6) is 0 Å². The highest BCUT2D eigenvalue weighted by Gasteiger charge is 2.34. The monoisotopic (exact) mass is 305 g/mol. The second-order valence-corrected chi connectivity index (χ2v) is 5.03. The number of alkyl halides is 3. The zero-order valence-corrected chi connectivity index (χ0v) is 11.3. The molecule has 0 spiro atoms. The van der Waals surface area contributed by atoms with Crippen molar-refractivity contribution in [3.8, 4) is 0 Å². The van der Waals surface area contributed by atoms with Crippen molar-refractivity contribution in [2.45, 2.75) is 20.0 Å². The number of rotatable bonds is 4. The van der Waals surface area contributed by atoms with Crippen LogP contribution < -0.4 is 11.1 Å². The maximum Gasteiger partial charge on any atom is 0.416 e. The van der Waals surface area contributed by atoms with Crippen molar-refractivity contribution in [1.29, 1.82) is 0 Å². The molecule has 0 unspecified atom stereocenters. The third-order valence-electron chi connectivity index (χ3n) is 2.89. The minimum atomic E-state index is -4.70. The van der Waals surface area contributed by atoms with Crippen LogP contribution in [-0.4, -0.2) is 17.4 Å². The molecule has 0 saturated heterocycles. The van der Waals surface area contributed by atoms with E-state index in [1.807, 2.05) is 0 Å². The van der Waals surface area contributed by atoms with Crippen LogP contribution in [0.1, 0.15) is 19.4 Å². The molecular weight excluding hydrogens is 291 g/mol. The minimum absolute atomic E-state index is 0.0206. The highest BCUT2D eigenvalue weighted by atomic mass is 19.4. The van der Waals surface area contributed by atoms with E-state index >= 15 is 0 Å². The number of nitrogens with one attached hydrogen (secondary N) is 1. The Hall–Kier alpha value is -2.16. The second-order valence-electron chi connectivity index (χ2n) is 5.03. The first-order chi connectivity index (χ1) is 9.49. The third kappa shape index (κ3) is 3.91.